The van der Waals surface area contributed by atoms with Crippen LogP contribution in [0.3, 0.4) is 0 Å². The molecule has 5 nitrogen and oxygen atoms in total. The highest BCUT2D eigenvalue weighted by molar-refractivity contribution is 6.31. The Labute approximate surface area is 133 Å². The van der Waals surface area contributed by atoms with E-state index in [9.17, 15) is 4.39 Å². The number of oxime groups is 1. The highest BCUT2D eigenvalue weighted by atomic mass is 35.5. The first-order chi connectivity index (χ1) is 10.5. The van der Waals surface area contributed by atoms with Gasteiger partial charge in [-0.1, -0.05) is 22.8 Å². The van der Waals surface area contributed by atoms with Crippen LogP contribution in [0.25, 0.3) is 0 Å². The number of benzene rings is 1. The number of rotatable bonds is 6. The van der Waals surface area contributed by atoms with E-state index < -0.39 is 5.82 Å². The fraction of sp³-hybridized carbons (Fsp3) is 0.267. The predicted molar refractivity (Wildman–Crippen MR) is 81.2 cm³/mol. The van der Waals surface area contributed by atoms with Crippen molar-refractivity contribution in [2.75, 3.05) is 14.1 Å². The Bertz CT molecular complexity index is 655. The topological polar surface area (TPSA) is 72.4 Å². The third-order valence-electron chi connectivity index (χ3n) is 2.72. The standard InChI is InChI=1S/C15H14ClFN4O/c1-21(2)15(12(8-18)9-19)5-6-20-22-10-11-3-4-13(17)7-14(11)16/h3-4,6-7H,5,10H2,1-2H3/b20-6-. The molecule has 22 heavy (non-hydrogen) atoms. The highest BCUT2D eigenvalue weighted by Gasteiger charge is 2.07. The van der Waals surface area contributed by atoms with Crippen molar-refractivity contribution >= 4 is 17.8 Å². The van der Waals surface area contributed by atoms with Gasteiger partial charge < -0.3 is 9.74 Å². The summed E-state index contributed by atoms with van der Waals surface area (Å²) in [6.45, 7) is 0.0972. The van der Waals surface area contributed by atoms with E-state index >= 15 is 0 Å². The van der Waals surface area contributed by atoms with Crippen molar-refractivity contribution < 1.29 is 9.23 Å². The van der Waals surface area contributed by atoms with Crippen LogP contribution < -0.4 is 0 Å². The number of nitrogens with zero attached hydrogens (tertiary/aromatic N) is 4. The van der Waals surface area contributed by atoms with Gasteiger partial charge in [-0.15, -0.1) is 0 Å². The zero-order valence-electron chi connectivity index (χ0n) is 12.2. The van der Waals surface area contributed by atoms with Crippen molar-refractivity contribution in [3.8, 4) is 12.1 Å². The van der Waals surface area contributed by atoms with Crippen molar-refractivity contribution in [1.29, 1.82) is 10.5 Å². The molecule has 0 aromatic heterocycles. The predicted octanol–water partition coefficient (Wildman–Crippen LogP) is 3.23. The summed E-state index contributed by atoms with van der Waals surface area (Å²) in [5, 5.41) is 21.8. The van der Waals surface area contributed by atoms with Gasteiger partial charge in [-0.2, -0.15) is 10.5 Å². The summed E-state index contributed by atoms with van der Waals surface area (Å²) in [6.07, 6.45) is 1.72. The van der Waals surface area contributed by atoms with Crippen LogP contribution >= 0.6 is 11.6 Å². The SMILES string of the molecule is CN(C)C(C/C=N\OCc1ccc(F)cc1Cl)=C(C#N)C#N. The summed E-state index contributed by atoms with van der Waals surface area (Å²) in [7, 11) is 3.47. The van der Waals surface area contributed by atoms with Crippen LogP contribution in [0.15, 0.2) is 34.6 Å². The molecule has 0 saturated heterocycles. The molecule has 7 heteroatoms. The maximum absolute atomic E-state index is 12.9. The van der Waals surface area contributed by atoms with E-state index in [1.165, 1.54) is 24.4 Å². The minimum Gasteiger partial charge on any atom is -0.391 e. The summed E-state index contributed by atoms with van der Waals surface area (Å²) in [4.78, 5) is 6.74. The third-order valence-corrected chi connectivity index (χ3v) is 3.07. The molecule has 0 aliphatic carbocycles. The van der Waals surface area contributed by atoms with Crippen molar-refractivity contribution in [1.82, 2.24) is 4.90 Å². The summed E-state index contributed by atoms with van der Waals surface area (Å²) in [5.74, 6) is -0.418. The molecular weight excluding hydrogens is 307 g/mol. The molecule has 0 unspecified atom stereocenters. The van der Waals surface area contributed by atoms with Gasteiger partial charge in [-0.3, -0.25) is 0 Å². The Hall–Kier alpha value is -2.57. The first-order valence-corrected chi connectivity index (χ1v) is 6.65. The Balaban J connectivity index is 2.62. The van der Waals surface area contributed by atoms with Gasteiger partial charge in [0.25, 0.3) is 0 Å². The molecule has 0 N–H and O–H groups in total. The lowest BCUT2D eigenvalue weighted by Gasteiger charge is -2.14. The monoisotopic (exact) mass is 320 g/mol. The fourth-order valence-corrected chi connectivity index (χ4v) is 1.81. The van der Waals surface area contributed by atoms with Gasteiger partial charge in [-0.05, 0) is 12.1 Å². The summed E-state index contributed by atoms with van der Waals surface area (Å²) < 4.78 is 12.9. The largest absolute Gasteiger partial charge is 0.391 e. The zero-order chi connectivity index (χ0) is 16.5. The van der Waals surface area contributed by atoms with E-state index in [0.717, 1.165) is 0 Å². The number of allylic oxidation sites excluding steroid dienone is 2. The van der Waals surface area contributed by atoms with Crippen LogP contribution in [0, 0.1) is 28.5 Å². The molecule has 1 aromatic carbocycles. The lowest BCUT2D eigenvalue weighted by molar-refractivity contribution is 0.131. The van der Waals surface area contributed by atoms with Crippen LogP contribution in [0.5, 0.6) is 0 Å². The van der Waals surface area contributed by atoms with Crippen LogP contribution in [-0.2, 0) is 11.4 Å². The van der Waals surface area contributed by atoms with E-state index in [0.29, 0.717) is 11.3 Å². The van der Waals surface area contributed by atoms with Gasteiger partial charge >= 0.3 is 0 Å². The lowest BCUT2D eigenvalue weighted by atomic mass is 10.2. The van der Waals surface area contributed by atoms with E-state index in [2.05, 4.69) is 5.16 Å². The van der Waals surface area contributed by atoms with Crippen LogP contribution in [0.4, 0.5) is 4.39 Å². The second kappa shape index (κ2) is 8.66. The molecule has 0 aliphatic rings. The van der Waals surface area contributed by atoms with Gasteiger partial charge in [-0.25, -0.2) is 4.39 Å². The second-order valence-electron chi connectivity index (χ2n) is 4.44. The van der Waals surface area contributed by atoms with E-state index in [1.807, 2.05) is 12.1 Å². The maximum atomic E-state index is 12.9. The fourth-order valence-electron chi connectivity index (χ4n) is 1.58. The van der Waals surface area contributed by atoms with Crippen LogP contribution in [0.2, 0.25) is 5.02 Å². The van der Waals surface area contributed by atoms with Crippen LogP contribution in [0.1, 0.15) is 12.0 Å². The van der Waals surface area contributed by atoms with Crippen molar-refractivity contribution in [2.45, 2.75) is 13.0 Å². The Morgan fingerprint density at radius 3 is 2.64 bits per heavy atom. The highest BCUT2D eigenvalue weighted by Crippen LogP contribution is 2.18. The molecule has 0 bridgehead atoms. The molecule has 0 spiro atoms. The van der Waals surface area contributed by atoms with E-state index in [1.54, 1.807) is 19.0 Å². The molecule has 0 saturated carbocycles. The van der Waals surface area contributed by atoms with Crippen LogP contribution in [-0.4, -0.2) is 25.2 Å². The number of halogens is 2. The quantitative estimate of drug-likeness (QED) is 0.458. The average molecular weight is 321 g/mol. The molecule has 1 aromatic rings. The van der Waals surface area contributed by atoms with Crippen molar-refractivity contribution in [2.24, 2.45) is 5.16 Å². The van der Waals surface area contributed by atoms with Gasteiger partial charge in [0.2, 0.25) is 0 Å². The zero-order valence-corrected chi connectivity index (χ0v) is 12.9. The first kappa shape index (κ1) is 17.5. The number of hydrogen-bond donors (Lipinski definition) is 0. The minimum absolute atomic E-state index is 0.0260. The van der Waals surface area contributed by atoms with Gasteiger partial charge in [0, 0.05) is 38.0 Å². The molecule has 1 rings (SSSR count). The summed E-state index contributed by atoms with van der Waals surface area (Å²) in [6, 6.07) is 7.67. The molecule has 0 aliphatic heterocycles. The van der Waals surface area contributed by atoms with Gasteiger partial charge in [0.15, 0.2) is 0 Å². The van der Waals surface area contributed by atoms with E-state index in [-0.39, 0.29) is 23.6 Å². The minimum atomic E-state index is -0.418. The molecule has 114 valence electrons. The Kier molecular flexibility index (Phi) is 6.88. The average Bonchev–Trinajstić information content (AvgIpc) is 2.47. The van der Waals surface area contributed by atoms with Gasteiger partial charge in [0.05, 0.1) is 5.02 Å². The molecule has 0 fully saturated rings. The normalized spacial score (nSPS) is 9.91. The smallest absolute Gasteiger partial charge is 0.149 e. The molecular formula is C15H14ClFN4O. The maximum Gasteiger partial charge on any atom is 0.149 e. The second-order valence-corrected chi connectivity index (χ2v) is 4.85. The molecule has 0 radical (unpaired) electrons. The lowest BCUT2D eigenvalue weighted by Crippen LogP contribution is -2.13. The van der Waals surface area contributed by atoms with Gasteiger partial charge in [0.1, 0.15) is 30.1 Å². The summed E-state index contributed by atoms with van der Waals surface area (Å²) >= 11 is 5.86. The number of hydrogen-bond acceptors (Lipinski definition) is 5. The Morgan fingerprint density at radius 2 is 2.09 bits per heavy atom. The number of nitriles is 2. The molecule has 0 heterocycles. The van der Waals surface area contributed by atoms with Crippen molar-refractivity contribution in [3.63, 3.8) is 0 Å². The third kappa shape index (κ3) is 5.08. The molecule has 0 amide bonds. The first-order valence-electron chi connectivity index (χ1n) is 6.28. The molecule has 0 atom stereocenters. The van der Waals surface area contributed by atoms with E-state index in [4.69, 9.17) is 27.0 Å². The summed E-state index contributed by atoms with van der Waals surface area (Å²) in [5.41, 5.74) is 1.17. The Morgan fingerprint density at radius 1 is 1.41 bits per heavy atom. The van der Waals surface area contributed by atoms with Crippen molar-refractivity contribution in [3.05, 3.63) is 45.9 Å².